The maximum absolute atomic E-state index is 13.5. The average Bonchev–Trinajstić information content (AvgIpc) is 2.93. The number of fused-ring (bicyclic) bond motifs is 3. The van der Waals surface area contributed by atoms with E-state index in [2.05, 4.69) is 5.32 Å². The van der Waals surface area contributed by atoms with Crippen LogP contribution >= 0.6 is 0 Å². The summed E-state index contributed by atoms with van der Waals surface area (Å²) in [4.78, 5) is 26.9. The van der Waals surface area contributed by atoms with Gasteiger partial charge in [0.15, 0.2) is 22.0 Å². The number of nitrogens with one attached hydrogen (secondary N) is 1. The van der Waals surface area contributed by atoms with Gasteiger partial charge in [-0.3, -0.25) is 4.79 Å². The zero-order valence-corrected chi connectivity index (χ0v) is 22.3. The minimum Gasteiger partial charge on any atom is -0.454 e. The van der Waals surface area contributed by atoms with Gasteiger partial charge in [-0.25, -0.2) is 13.2 Å². The van der Waals surface area contributed by atoms with Crippen molar-refractivity contribution in [2.24, 2.45) is 5.92 Å². The summed E-state index contributed by atoms with van der Waals surface area (Å²) >= 11 is 0. The van der Waals surface area contributed by atoms with Gasteiger partial charge in [-0.1, -0.05) is 48.5 Å². The monoisotopic (exact) mass is 533 g/mol. The molecule has 0 aromatic heterocycles. The van der Waals surface area contributed by atoms with Crippen molar-refractivity contribution in [3.63, 3.8) is 0 Å². The van der Waals surface area contributed by atoms with Crippen molar-refractivity contribution < 1.29 is 27.2 Å². The zero-order valence-electron chi connectivity index (χ0n) is 21.5. The number of carbonyl (C=O) groups is 2. The fourth-order valence-corrected chi connectivity index (χ4v) is 6.33. The van der Waals surface area contributed by atoms with Crippen LogP contribution in [0.15, 0.2) is 89.8 Å². The van der Waals surface area contributed by atoms with Crippen molar-refractivity contribution >= 4 is 27.3 Å². The Hall–Kier alpha value is -3.49. The first kappa shape index (κ1) is 26.1. The Bertz CT molecular complexity index is 1380. The number of esters is 1. The summed E-state index contributed by atoms with van der Waals surface area (Å²) in [6.45, 7) is 2.66. The number of carbonyl (C=O) groups excluding carboxylic acids is 2. The van der Waals surface area contributed by atoms with Gasteiger partial charge in [-0.15, -0.1) is 0 Å². The number of nitrogens with zero attached hydrogens (tertiary/aromatic N) is 1. The molecule has 3 aliphatic rings. The lowest BCUT2D eigenvalue weighted by molar-refractivity contribution is -0.938. The molecule has 8 heteroatoms. The molecule has 2 bridgehead atoms. The summed E-state index contributed by atoms with van der Waals surface area (Å²) < 4.78 is 30.3. The first-order chi connectivity index (χ1) is 18.2. The number of anilines is 1. The Morgan fingerprint density at radius 1 is 0.921 bits per heavy atom. The number of para-hydroxylation sites is 1. The number of ketones is 1. The molecule has 2 atom stereocenters. The third kappa shape index (κ3) is 5.81. The minimum absolute atomic E-state index is 0.0246. The third-order valence-corrected chi connectivity index (χ3v) is 8.97. The van der Waals surface area contributed by atoms with Gasteiger partial charge in [0.1, 0.15) is 13.1 Å². The van der Waals surface area contributed by atoms with Crippen LogP contribution in [0.3, 0.4) is 0 Å². The van der Waals surface area contributed by atoms with E-state index in [0.29, 0.717) is 23.1 Å². The van der Waals surface area contributed by atoms with Gasteiger partial charge in [0.25, 0.3) is 0 Å². The van der Waals surface area contributed by atoms with Gasteiger partial charge in [0.05, 0.1) is 18.0 Å². The predicted molar refractivity (Wildman–Crippen MR) is 145 cm³/mol. The molecule has 3 aromatic carbocycles. The molecule has 3 fully saturated rings. The number of hydrogen-bond donors (Lipinski definition) is 1. The minimum atomic E-state index is -3.32. The Morgan fingerprint density at radius 3 is 2.13 bits per heavy atom. The molecule has 0 amide bonds. The summed E-state index contributed by atoms with van der Waals surface area (Å²) in [7, 11) is -3.32. The van der Waals surface area contributed by atoms with Crippen LogP contribution in [0.4, 0.5) is 5.69 Å². The molecule has 198 valence electrons. The van der Waals surface area contributed by atoms with E-state index < -0.39 is 15.9 Å². The molecule has 38 heavy (non-hydrogen) atoms. The topological polar surface area (TPSA) is 89.5 Å². The van der Waals surface area contributed by atoms with E-state index in [1.165, 1.54) is 12.1 Å². The van der Waals surface area contributed by atoms with Crippen molar-refractivity contribution in [2.45, 2.75) is 29.9 Å². The third-order valence-electron chi connectivity index (χ3n) is 7.85. The molecule has 3 heterocycles. The molecule has 1 unspecified atom stereocenters. The number of benzene rings is 3. The lowest BCUT2D eigenvalue weighted by atomic mass is 9.82. The first-order valence-corrected chi connectivity index (χ1v) is 14.9. The van der Waals surface area contributed by atoms with Gasteiger partial charge < -0.3 is 14.5 Å². The normalized spacial score (nSPS) is 23.4. The molecule has 0 spiro atoms. The Kier molecular flexibility index (Phi) is 7.36. The van der Waals surface area contributed by atoms with E-state index in [0.717, 1.165) is 43.4 Å². The number of piperidine rings is 3. The average molecular weight is 534 g/mol. The van der Waals surface area contributed by atoms with Crippen LogP contribution < -0.4 is 5.32 Å². The Labute approximate surface area is 223 Å². The fourth-order valence-electron chi connectivity index (χ4n) is 5.70. The van der Waals surface area contributed by atoms with Gasteiger partial charge in [0, 0.05) is 36.3 Å². The van der Waals surface area contributed by atoms with E-state index in [1.807, 2.05) is 60.7 Å². The second-order valence-corrected chi connectivity index (χ2v) is 12.5. The van der Waals surface area contributed by atoms with E-state index in [9.17, 15) is 18.0 Å². The highest BCUT2D eigenvalue weighted by atomic mass is 32.2. The highest BCUT2D eigenvalue weighted by molar-refractivity contribution is 7.90. The number of sulfone groups is 1. The van der Waals surface area contributed by atoms with Crippen LogP contribution in [-0.2, 0) is 19.4 Å². The van der Waals surface area contributed by atoms with Crippen molar-refractivity contribution in [2.75, 3.05) is 37.8 Å². The van der Waals surface area contributed by atoms with Gasteiger partial charge in [-0.2, -0.15) is 0 Å². The van der Waals surface area contributed by atoms with Gasteiger partial charge in [-0.05, 0) is 42.0 Å². The quantitative estimate of drug-likeness (QED) is 0.251. The molecular weight excluding hydrogens is 500 g/mol. The molecule has 6 rings (SSSR count). The van der Waals surface area contributed by atoms with Crippen molar-refractivity contribution in [3.8, 4) is 0 Å². The maximum atomic E-state index is 13.5. The molecule has 0 saturated carbocycles. The predicted octanol–water partition coefficient (Wildman–Crippen LogP) is 4.28. The van der Waals surface area contributed by atoms with Crippen molar-refractivity contribution in [3.05, 3.63) is 96.1 Å². The van der Waals surface area contributed by atoms with E-state index in [-0.39, 0.29) is 28.7 Å². The number of Topliss-reactive ketones (excluding diaryl/α,β-unsaturated/α-hetero) is 1. The SMILES string of the molecule is CS(=O)(=O)c1ccc(C(=O)C[N+]23CCC(CC2)[C@@H](OC(=O)C(Nc2ccccc2)c2ccccc2)C3)cc1. The molecule has 7 nitrogen and oxygen atoms in total. The zero-order chi connectivity index (χ0) is 26.8. The van der Waals surface area contributed by atoms with Crippen LogP contribution in [0, 0.1) is 5.92 Å². The van der Waals surface area contributed by atoms with E-state index >= 15 is 0 Å². The second kappa shape index (κ2) is 10.7. The summed E-state index contributed by atoms with van der Waals surface area (Å²) in [5.74, 6) is -0.0562. The van der Waals surface area contributed by atoms with Gasteiger partial charge in [0.2, 0.25) is 5.78 Å². The molecule has 3 aromatic rings. The van der Waals surface area contributed by atoms with Crippen LogP contribution in [-0.4, -0.2) is 63.2 Å². The number of quaternary nitrogens is 1. The van der Waals surface area contributed by atoms with Crippen LogP contribution in [0.2, 0.25) is 0 Å². The fraction of sp³-hybridized carbons (Fsp3) is 0.333. The lowest BCUT2D eigenvalue weighted by Crippen LogP contribution is -2.65. The smallest absolute Gasteiger partial charge is 0.333 e. The van der Waals surface area contributed by atoms with Crippen LogP contribution in [0.1, 0.15) is 34.8 Å². The first-order valence-electron chi connectivity index (χ1n) is 13.0. The summed E-state index contributed by atoms with van der Waals surface area (Å²) in [6.07, 6.45) is 2.70. The number of ether oxygens (including phenoxy) is 1. The molecule has 0 aliphatic carbocycles. The van der Waals surface area contributed by atoms with Crippen molar-refractivity contribution in [1.82, 2.24) is 0 Å². The molecular formula is C30H33N2O5S+. The summed E-state index contributed by atoms with van der Waals surface area (Å²) in [5, 5.41) is 3.33. The van der Waals surface area contributed by atoms with Crippen LogP contribution in [0.25, 0.3) is 0 Å². The van der Waals surface area contributed by atoms with Crippen molar-refractivity contribution in [1.29, 1.82) is 0 Å². The van der Waals surface area contributed by atoms with Gasteiger partial charge >= 0.3 is 5.97 Å². The summed E-state index contributed by atoms with van der Waals surface area (Å²) in [6, 6.07) is 24.7. The van der Waals surface area contributed by atoms with Crippen LogP contribution in [0.5, 0.6) is 0 Å². The summed E-state index contributed by atoms with van der Waals surface area (Å²) in [5.41, 5.74) is 2.17. The highest BCUT2D eigenvalue weighted by Gasteiger charge is 2.49. The van der Waals surface area contributed by atoms with E-state index in [4.69, 9.17) is 4.74 Å². The molecule has 1 N–H and O–H groups in total. The molecule has 3 saturated heterocycles. The largest absolute Gasteiger partial charge is 0.454 e. The molecule has 0 radical (unpaired) electrons. The number of hydrogen-bond acceptors (Lipinski definition) is 6. The Morgan fingerprint density at radius 2 is 1.53 bits per heavy atom. The van der Waals surface area contributed by atoms with E-state index in [1.54, 1.807) is 12.1 Å². The Balaban J connectivity index is 1.29. The standard InChI is InChI=1S/C30H33N2O5S/c1-38(35,36)26-14-12-22(13-15-26)27(33)20-32-18-16-23(17-19-32)28(21-32)37-30(34)29(24-8-4-2-5-9-24)31-25-10-6-3-7-11-25/h2-15,23,28-29,31H,16-21H2,1H3/q+1/t23?,28-,29?,32?/m0/s1. The maximum Gasteiger partial charge on any atom is 0.333 e. The second-order valence-electron chi connectivity index (χ2n) is 10.5. The lowest BCUT2D eigenvalue weighted by Gasteiger charge is -2.51. The molecule has 3 aliphatic heterocycles. The highest BCUT2D eigenvalue weighted by Crippen LogP contribution is 2.37. The number of rotatable bonds is 9.